The van der Waals surface area contributed by atoms with Crippen LogP contribution in [-0.4, -0.2) is 55.3 Å². The van der Waals surface area contributed by atoms with Crippen LogP contribution in [0.5, 0.6) is 0 Å². The Labute approximate surface area is 190 Å². The molecule has 1 saturated carbocycles. The first-order valence-electron chi connectivity index (χ1n) is 12.2. The SMILES string of the molecule is NC(=O)C1CCCN(CCCNC(=O)C2CCCCC2C(=O)N2CCc3ccccc32)C1. The highest BCUT2D eigenvalue weighted by molar-refractivity contribution is 5.99. The average molecular weight is 441 g/mol. The van der Waals surface area contributed by atoms with Gasteiger partial charge in [-0.15, -0.1) is 0 Å². The van der Waals surface area contributed by atoms with Gasteiger partial charge >= 0.3 is 0 Å². The molecule has 174 valence electrons. The highest BCUT2D eigenvalue weighted by Gasteiger charge is 2.39. The minimum atomic E-state index is -0.238. The van der Waals surface area contributed by atoms with Gasteiger partial charge in [0.25, 0.3) is 0 Å². The van der Waals surface area contributed by atoms with E-state index < -0.39 is 0 Å². The van der Waals surface area contributed by atoms with E-state index in [0.717, 1.165) is 76.7 Å². The minimum absolute atomic E-state index is 0.0178. The fourth-order valence-electron chi connectivity index (χ4n) is 5.64. The summed E-state index contributed by atoms with van der Waals surface area (Å²) in [5, 5.41) is 3.09. The Kier molecular flexibility index (Phi) is 7.45. The van der Waals surface area contributed by atoms with Crippen LogP contribution in [0.4, 0.5) is 5.69 Å². The van der Waals surface area contributed by atoms with Crippen molar-refractivity contribution >= 4 is 23.4 Å². The first-order valence-corrected chi connectivity index (χ1v) is 12.2. The molecule has 1 aromatic carbocycles. The van der Waals surface area contributed by atoms with Crippen molar-refractivity contribution in [2.75, 3.05) is 37.6 Å². The number of piperidine rings is 1. The largest absolute Gasteiger partial charge is 0.369 e. The molecule has 3 atom stereocenters. The van der Waals surface area contributed by atoms with Crippen LogP contribution in [0, 0.1) is 17.8 Å². The number of carbonyl (C=O) groups is 3. The molecule has 7 nitrogen and oxygen atoms in total. The molecule has 0 aromatic heterocycles. The smallest absolute Gasteiger partial charge is 0.230 e. The monoisotopic (exact) mass is 440 g/mol. The third kappa shape index (κ3) is 5.14. The maximum atomic E-state index is 13.4. The number of nitrogens with one attached hydrogen (secondary N) is 1. The predicted molar refractivity (Wildman–Crippen MR) is 124 cm³/mol. The molecule has 7 heteroatoms. The lowest BCUT2D eigenvalue weighted by Gasteiger charge is -2.33. The molecule has 3 N–H and O–H groups in total. The van der Waals surface area contributed by atoms with Crippen molar-refractivity contribution < 1.29 is 14.4 Å². The molecular formula is C25H36N4O3. The summed E-state index contributed by atoms with van der Waals surface area (Å²) < 4.78 is 0. The molecule has 4 rings (SSSR count). The summed E-state index contributed by atoms with van der Waals surface area (Å²) in [5.74, 6) is -0.601. The summed E-state index contributed by atoms with van der Waals surface area (Å²) in [5.41, 5.74) is 7.69. The maximum Gasteiger partial charge on any atom is 0.230 e. The minimum Gasteiger partial charge on any atom is -0.369 e. The topological polar surface area (TPSA) is 95.7 Å². The standard InChI is InChI=1S/C25H36N4O3/c26-23(30)19-8-5-14-28(17-19)15-6-13-27-24(31)20-9-2-3-10-21(20)25(32)29-16-12-18-7-1-4-11-22(18)29/h1,4,7,11,19-21H,2-3,5-6,8-10,12-17H2,(H2,26,30)(H,27,31). The molecule has 3 unspecified atom stereocenters. The molecule has 0 bridgehead atoms. The van der Waals surface area contributed by atoms with Crippen molar-refractivity contribution in [2.45, 2.75) is 51.4 Å². The Balaban J connectivity index is 1.28. The second-order valence-corrected chi connectivity index (χ2v) is 9.55. The first-order chi connectivity index (χ1) is 15.5. The quantitative estimate of drug-likeness (QED) is 0.635. The average Bonchev–Trinajstić information content (AvgIpc) is 3.25. The number of fused-ring (bicyclic) bond motifs is 1. The van der Waals surface area contributed by atoms with Crippen LogP contribution in [0.2, 0.25) is 0 Å². The van der Waals surface area contributed by atoms with E-state index in [1.54, 1.807) is 0 Å². The van der Waals surface area contributed by atoms with E-state index in [1.807, 2.05) is 23.1 Å². The summed E-state index contributed by atoms with van der Waals surface area (Å²) in [6, 6.07) is 8.09. The fourth-order valence-corrected chi connectivity index (χ4v) is 5.64. The summed E-state index contributed by atoms with van der Waals surface area (Å²) in [6.45, 7) is 3.86. The van der Waals surface area contributed by atoms with Gasteiger partial charge < -0.3 is 20.9 Å². The van der Waals surface area contributed by atoms with E-state index in [2.05, 4.69) is 16.3 Å². The van der Waals surface area contributed by atoms with Crippen LogP contribution >= 0.6 is 0 Å². The van der Waals surface area contributed by atoms with Crippen molar-refractivity contribution in [3.05, 3.63) is 29.8 Å². The predicted octanol–water partition coefficient (Wildman–Crippen LogP) is 2.09. The number of rotatable bonds is 7. The number of nitrogens with two attached hydrogens (primary N) is 1. The lowest BCUT2D eigenvalue weighted by Crippen LogP contribution is -2.46. The summed E-state index contributed by atoms with van der Waals surface area (Å²) in [7, 11) is 0. The molecular weight excluding hydrogens is 404 g/mol. The zero-order valence-electron chi connectivity index (χ0n) is 18.9. The van der Waals surface area contributed by atoms with Gasteiger partial charge in [0.15, 0.2) is 0 Å². The van der Waals surface area contributed by atoms with Crippen LogP contribution in [0.15, 0.2) is 24.3 Å². The molecule has 1 aliphatic carbocycles. The Morgan fingerprint density at radius 2 is 1.78 bits per heavy atom. The van der Waals surface area contributed by atoms with Crippen molar-refractivity contribution in [3.63, 3.8) is 0 Å². The van der Waals surface area contributed by atoms with Crippen molar-refractivity contribution in [2.24, 2.45) is 23.5 Å². The van der Waals surface area contributed by atoms with Gasteiger partial charge in [-0.1, -0.05) is 31.0 Å². The van der Waals surface area contributed by atoms with Gasteiger partial charge in [-0.25, -0.2) is 0 Å². The Morgan fingerprint density at radius 3 is 2.59 bits per heavy atom. The lowest BCUT2D eigenvalue weighted by atomic mass is 9.77. The van der Waals surface area contributed by atoms with Gasteiger partial charge in [0.1, 0.15) is 0 Å². The van der Waals surface area contributed by atoms with Crippen LogP contribution < -0.4 is 16.0 Å². The number of anilines is 1. The number of benzene rings is 1. The van der Waals surface area contributed by atoms with Crippen molar-refractivity contribution in [1.29, 1.82) is 0 Å². The number of primary amides is 1. The van der Waals surface area contributed by atoms with Gasteiger partial charge in [0.05, 0.1) is 11.8 Å². The lowest BCUT2D eigenvalue weighted by molar-refractivity contribution is -0.135. The normalized spacial score (nSPS) is 25.9. The van der Waals surface area contributed by atoms with Gasteiger partial charge in [-0.2, -0.15) is 0 Å². The molecule has 1 aromatic rings. The number of carbonyl (C=O) groups excluding carboxylic acids is 3. The number of hydrogen-bond acceptors (Lipinski definition) is 4. The van der Waals surface area contributed by atoms with Gasteiger partial charge in [-0.05, 0) is 63.2 Å². The van der Waals surface area contributed by atoms with Gasteiger partial charge in [-0.3, -0.25) is 14.4 Å². The molecule has 0 spiro atoms. The summed E-state index contributed by atoms with van der Waals surface area (Å²) in [6.07, 6.45) is 7.17. The van der Waals surface area contributed by atoms with E-state index in [0.29, 0.717) is 13.1 Å². The fraction of sp³-hybridized carbons (Fsp3) is 0.640. The van der Waals surface area contributed by atoms with Crippen LogP contribution in [-0.2, 0) is 20.8 Å². The van der Waals surface area contributed by atoms with E-state index in [9.17, 15) is 14.4 Å². The Morgan fingerprint density at radius 1 is 1.00 bits per heavy atom. The highest BCUT2D eigenvalue weighted by atomic mass is 16.2. The van der Waals surface area contributed by atoms with Crippen LogP contribution in [0.25, 0.3) is 0 Å². The zero-order valence-corrected chi connectivity index (χ0v) is 18.9. The number of nitrogens with zero attached hydrogens (tertiary/aromatic N) is 2. The van der Waals surface area contributed by atoms with Crippen molar-refractivity contribution in [1.82, 2.24) is 10.2 Å². The third-order valence-electron chi connectivity index (χ3n) is 7.43. The van der Waals surface area contributed by atoms with E-state index in [1.165, 1.54) is 5.56 Å². The number of amides is 3. The zero-order chi connectivity index (χ0) is 22.5. The molecule has 2 fully saturated rings. The molecule has 2 aliphatic heterocycles. The van der Waals surface area contributed by atoms with Crippen LogP contribution in [0.1, 0.15) is 50.5 Å². The van der Waals surface area contributed by atoms with Crippen molar-refractivity contribution in [3.8, 4) is 0 Å². The van der Waals surface area contributed by atoms with Gasteiger partial charge in [0.2, 0.25) is 17.7 Å². The summed E-state index contributed by atoms with van der Waals surface area (Å²) >= 11 is 0. The van der Waals surface area contributed by atoms with Crippen LogP contribution in [0.3, 0.4) is 0 Å². The number of likely N-dealkylation sites (tertiary alicyclic amines) is 1. The second-order valence-electron chi connectivity index (χ2n) is 9.55. The Bertz CT molecular complexity index is 842. The number of para-hydroxylation sites is 1. The van der Waals surface area contributed by atoms with E-state index in [4.69, 9.17) is 5.73 Å². The molecule has 0 radical (unpaired) electrons. The van der Waals surface area contributed by atoms with E-state index >= 15 is 0 Å². The number of hydrogen-bond donors (Lipinski definition) is 2. The molecule has 3 aliphatic rings. The first kappa shape index (κ1) is 22.8. The molecule has 32 heavy (non-hydrogen) atoms. The maximum absolute atomic E-state index is 13.4. The second kappa shape index (κ2) is 10.5. The Hall–Kier alpha value is -2.41. The summed E-state index contributed by atoms with van der Waals surface area (Å²) in [4.78, 5) is 42.0. The van der Waals surface area contributed by atoms with E-state index in [-0.39, 0.29) is 35.5 Å². The molecule has 3 amide bonds. The third-order valence-corrected chi connectivity index (χ3v) is 7.43. The molecule has 2 heterocycles. The highest BCUT2D eigenvalue weighted by Crippen LogP contribution is 2.35. The van der Waals surface area contributed by atoms with Gasteiger partial charge in [0, 0.05) is 31.2 Å². The molecule has 1 saturated heterocycles.